The second-order valence-electron chi connectivity index (χ2n) is 10.7. The number of carbonyl (C=O) groups is 3. The molecule has 1 saturated heterocycles. The molecule has 1 fully saturated rings. The number of amides is 3. The summed E-state index contributed by atoms with van der Waals surface area (Å²) in [5.74, 6) is -1.33. The highest BCUT2D eigenvalue weighted by atomic mass is 16.5. The Morgan fingerprint density at radius 2 is 1.79 bits per heavy atom. The minimum atomic E-state index is -0.769. The molecule has 39 heavy (non-hydrogen) atoms. The average Bonchev–Trinajstić information content (AvgIpc) is 3.26. The van der Waals surface area contributed by atoms with Crippen molar-refractivity contribution in [2.24, 2.45) is 17.8 Å². The molecule has 0 saturated carbocycles. The van der Waals surface area contributed by atoms with E-state index in [2.05, 4.69) is 4.98 Å². The van der Waals surface area contributed by atoms with E-state index >= 15 is 0 Å². The zero-order chi connectivity index (χ0) is 29.0. The van der Waals surface area contributed by atoms with Crippen LogP contribution in [0.3, 0.4) is 0 Å². The number of ether oxygens (including phenoxy) is 1. The molecular formula is C27H38N6O6. The Morgan fingerprint density at radius 1 is 1.13 bits per heavy atom. The molecule has 3 amide bonds. The lowest BCUT2D eigenvalue weighted by Gasteiger charge is -2.29. The molecule has 2 aromatic rings. The van der Waals surface area contributed by atoms with Gasteiger partial charge in [-0.15, -0.1) is 0 Å². The summed E-state index contributed by atoms with van der Waals surface area (Å²) >= 11 is 0. The van der Waals surface area contributed by atoms with Crippen molar-refractivity contribution in [3.05, 3.63) is 45.1 Å². The summed E-state index contributed by atoms with van der Waals surface area (Å²) in [6.45, 7) is 7.77. The number of H-pyrrole nitrogens is 1. The first-order valence-corrected chi connectivity index (χ1v) is 13.0. The highest BCUT2D eigenvalue weighted by molar-refractivity contribution is 6.03. The molecule has 0 spiro atoms. The maximum absolute atomic E-state index is 13.5. The standard InChI is InChI=1S/C27H38N6O6/c1-16(2)12-32(23-24(28)33(13-17(3)4)27(38)29-25(23)36)22(35)15-30(5)26(37)18-11-21(34)31(14-18)19-9-7-8-10-20(19)39-6/h7-10,16-18H,11-15,28H2,1-6H3,(H,29,36,38). The summed E-state index contributed by atoms with van der Waals surface area (Å²) in [7, 11) is 2.99. The second-order valence-corrected chi connectivity index (χ2v) is 10.7. The minimum Gasteiger partial charge on any atom is -0.495 e. The number of para-hydroxylation sites is 2. The Bertz CT molecular complexity index is 1350. The molecule has 12 heteroatoms. The van der Waals surface area contributed by atoms with Gasteiger partial charge >= 0.3 is 5.69 Å². The number of carbonyl (C=O) groups excluding carboxylic acids is 3. The van der Waals surface area contributed by atoms with Crippen molar-refractivity contribution < 1.29 is 19.1 Å². The summed E-state index contributed by atoms with van der Waals surface area (Å²) in [6.07, 6.45) is -0.00208. The van der Waals surface area contributed by atoms with Gasteiger partial charge in [0.15, 0.2) is 5.69 Å². The quantitative estimate of drug-likeness (QED) is 0.459. The lowest BCUT2D eigenvalue weighted by atomic mass is 10.1. The fraction of sp³-hybridized carbons (Fsp3) is 0.519. The van der Waals surface area contributed by atoms with Crippen LogP contribution in [0.2, 0.25) is 0 Å². The summed E-state index contributed by atoms with van der Waals surface area (Å²) in [5, 5.41) is 0. The predicted octanol–water partition coefficient (Wildman–Crippen LogP) is 1.28. The van der Waals surface area contributed by atoms with Crippen molar-refractivity contribution in [2.75, 3.05) is 49.3 Å². The lowest BCUT2D eigenvalue weighted by molar-refractivity contribution is -0.137. The van der Waals surface area contributed by atoms with E-state index in [1.54, 1.807) is 24.3 Å². The number of likely N-dealkylation sites (N-methyl/N-ethyl adjacent to an activating group) is 1. The van der Waals surface area contributed by atoms with E-state index < -0.39 is 23.1 Å². The van der Waals surface area contributed by atoms with E-state index in [0.29, 0.717) is 11.4 Å². The molecule has 1 aliphatic rings. The summed E-state index contributed by atoms with van der Waals surface area (Å²) < 4.78 is 6.60. The van der Waals surface area contributed by atoms with E-state index in [4.69, 9.17) is 10.5 Å². The van der Waals surface area contributed by atoms with Gasteiger partial charge in [-0.3, -0.25) is 28.7 Å². The van der Waals surface area contributed by atoms with Gasteiger partial charge in [0.2, 0.25) is 17.7 Å². The van der Waals surface area contributed by atoms with Crippen LogP contribution in [0, 0.1) is 17.8 Å². The van der Waals surface area contributed by atoms with Crippen LogP contribution in [-0.4, -0.2) is 66.0 Å². The molecule has 212 valence electrons. The molecular weight excluding hydrogens is 504 g/mol. The zero-order valence-corrected chi connectivity index (χ0v) is 23.4. The molecule has 12 nitrogen and oxygen atoms in total. The van der Waals surface area contributed by atoms with Crippen LogP contribution in [0.4, 0.5) is 17.2 Å². The normalized spacial score (nSPS) is 15.2. The highest BCUT2D eigenvalue weighted by Gasteiger charge is 2.38. The van der Waals surface area contributed by atoms with Gasteiger partial charge in [0.1, 0.15) is 11.6 Å². The maximum Gasteiger partial charge on any atom is 0.330 e. The molecule has 1 unspecified atom stereocenters. The van der Waals surface area contributed by atoms with Gasteiger partial charge < -0.3 is 25.2 Å². The van der Waals surface area contributed by atoms with Gasteiger partial charge in [-0.1, -0.05) is 39.8 Å². The third kappa shape index (κ3) is 6.50. The number of benzene rings is 1. The Labute approximate surface area is 227 Å². The van der Waals surface area contributed by atoms with Gasteiger partial charge in [0, 0.05) is 33.1 Å². The number of anilines is 3. The second kappa shape index (κ2) is 12.2. The first kappa shape index (κ1) is 29.5. The van der Waals surface area contributed by atoms with Crippen LogP contribution >= 0.6 is 0 Å². The average molecular weight is 543 g/mol. The largest absolute Gasteiger partial charge is 0.495 e. The summed E-state index contributed by atoms with van der Waals surface area (Å²) in [5.41, 5.74) is 5.30. The van der Waals surface area contributed by atoms with E-state index in [0.717, 1.165) is 0 Å². The molecule has 0 bridgehead atoms. The maximum atomic E-state index is 13.5. The smallest absolute Gasteiger partial charge is 0.330 e. The zero-order valence-electron chi connectivity index (χ0n) is 23.4. The van der Waals surface area contributed by atoms with Crippen molar-refractivity contribution in [1.29, 1.82) is 0 Å². The van der Waals surface area contributed by atoms with Gasteiger partial charge in [-0.2, -0.15) is 0 Å². The minimum absolute atomic E-state index is 0.00208. The van der Waals surface area contributed by atoms with Gasteiger partial charge in [0.05, 0.1) is 25.3 Å². The Hall–Kier alpha value is -4.09. The Balaban J connectivity index is 1.83. The van der Waals surface area contributed by atoms with Crippen LogP contribution in [0.15, 0.2) is 33.9 Å². The molecule has 0 aliphatic carbocycles. The highest BCUT2D eigenvalue weighted by Crippen LogP contribution is 2.33. The molecule has 2 heterocycles. The van der Waals surface area contributed by atoms with Gasteiger partial charge in [-0.05, 0) is 24.0 Å². The van der Waals surface area contributed by atoms with Gasteiger partial charge in [0.25, 0.3) is 5.56 Å². The van der Waals surface area contributed by atoms with Crippen molar-refractivity contribution in [3.63, 3.8) is 0 Å². The van der Waals surface area contributed by atoms with Crippen LogP contribution in [0.5, 0.6) is 5.75 Å². The topological polar surface area (TPSA) is 151 Å². The molecule has 1 aliphatic heterocycles. The third-order valence-corrected chi connectivity index (χ3v) is 6.48. The predicted molar refractivity (Wildman–Crippen MR) is 149 cm³/mol. The monoisotopic (exact) mass is 542 g/mol. The number of nitrogens with zero attached hydrogens (tertiary/aromatic N) is 4. The van der Waals surface area contributed by atoms with E-state index in [1.807, 2.05) is 27.7 Å². The fourth-order valence-electron chi connectivity index (χ4n) is 4.70. The number of nitrogen functional groups attached to an aromatic ring is 1. The molecule has 0 radical (unpaired) electrons. The number of aromatic nitrogens is 2. The van der Waals surface area contributed by atoms with E-state index in [1.165, 1.54) is 33.4 Å². The van der Waals surface area contributed by atoms with Gasteiger partial charge in [-0.25, -0.2) is 4.79 Å². The van der Waals surface area contributed by atoms with E-state index in [9.17, 15) is 24.0 Å². The van der Waals surface area contributed by atoms with Crippen molar-refractivity contribution in [1.82, 2.24) is 14.5 Å². The number of nitrogens with one attached hydrogen (secondary N) is 1. The third-order valence-electron chi connectivity index (χ3n) is 6.48. The van der Waals surface area contributed by atoms with Crippen LogP contribution in [0.1, 0.15) is 34.1 Å². The summed E-state index contributed by atoms with van der Waals surface area (Å²) in [6, 6.07) is 7.07. The molecule has 1 aromatic carbocycles. The SMILES string of the molecule is COc1ccccc1N1CC(C(=O)N(C)CC(=O)N(CC(C)C)c2c(N)n(CC(C)C)c(=O)[nH]c2=O)CC1=O. The Morgan fingerprint density at radius 3 is 2.41 bits per heavy atom. The molecule has 3 rings (SSSR count). The van der Waals surface area contributed by atoms with Crippen LogP contribution < -0.4 is 31.5 Å². The number of aromatic amines is 1. The fourth-order valence-corrected chi connectivity index (χ4v) is 4.70. The van der Waals surface area contributed by atoms with Crippen LogP contribution in [-0.2, 0) is 20.9 Å². The summed E-state index contributed by atoms with van der Waals surface area (Å²) in [4.78, 5) is 71.1. The van der Waals surface area contributed by atoms with Crippen molar-refractivity contribution >= 4 is 34.9 Å². The first-order chi connectivity index (χ1) is 18.3. The first-order valence-electron chi connectivity index (χ1n) is 13.0. The molecule has 3 N–H and O–H groups in total. The lowest BCUT2D eigenvalue weighted by Crippen LogP contribution is -2.48. The number of hydrogen-bond donors (Lipinski definition) is 2. The Kier molecular flexibility index (Phi) is 9.20. The number of hydrogen-bond acceptors (Lipinski definition) is 7. The molecule has 1 aromatic heterocycles. The molecule has 1 atom stereocenters. The van der Waals surface area contributed by atoms with Crippen LogP contribution in [0.25, 0.3) is 0 Å². The number of methoxy groups -OCH3 is 1. The van der Waals surface area contributed by atoms with Crippen molar-refractivity contribution in [2.45, 2.75) is 40.7 Å². The number of rotatable bonds is 10. The van der Waals surface area contributed by atoms with E-state index in [-0.39, 0.29) is 67.8 Å². The van der Waals surface area contributed by atoms with Crippen molar-refractivity contribution in [3.8, 4) is 5.75 Å². The number of nitrogens with two attached hydrogens (primary N) is 1.